The highest BCUT2D eigenvalue weighted by molar-refractivity contribution is 6.62. The minimum atomic E-state index is -0.391. The van der Waals surface area contributed by atoms with Gasteiger partial charge in [0.15, 0.2) is 0 Å². The van der Waals surface area contributed by atoms with E-state index in [2.05, 4.69) is 0 Å². The van der Waals surface area contributed by atoms with Crippen LogP contribution in [-0.2, 0) is 55.7 Å². The van der Waals surface area contributed by atoms with Crippen molar-refractivity contribution >= 4 is 12.6 Å². The van der Waals surface area contributed by atoms with Crippen LogP contribution in [0.3, 0.4) is 0 Å². The molecule has 0 saturated carbocycles. The van der Waals surface area contributed by atoms with E-state index in [4.69, 9.17) is 42.5 Å². The Bertz CT molecular complexity index is 573. The van der Waals surface area contributed by atoms with E-state index in [-0.39, 0.29) is 0 Å². The van der Waals surface area contributed by atoms with Gasteiger partial charge in [0.2, 0.25) is 0 Å². The van der Waals surface area contributed by atoms with Crippen LogP contribution in [-0.4, -0.2) is 99.6 Å². The molecule has 0 atom stereocenters. The van der Waals surface area contributed by atoms with Gasteiger partial charge >= 0.3 is 7.12 Å². The molecule has 2 aliphatic rings. The summed E-state index contributed by atoms with van der Waals surface area (Å²) in [5, 5.41) is 0. The summed E-state index contributed by atoms with van der Waals surface area (Å²) in [6.45, 7) is 8.31. The SMILES string of the molecule is c1cc2c(B3OCCO3)c(c1)COCCOCCOCCOCCOCCOCCOC2. The number of ether oxygens (including phenoxy) is 7. The van der Waals surface area contributed by atoms with Crippen LogP contribution < -0.4 is 5.46 Å². The fourth-order valence-electron chi connectivity index (χ4n) is 3.33. The lowest BCUT2D eigenvalue weighted by Gasteiger charge is -2.17. The third kappa shape index (κ3) is 9.82. The van der Waals surface area contributed by atoms with Crippen LogP contribution in [0.5, 0.6) is 0 Å². The molecule has 0 radical (unpaired) electrons. The largest absolute Gasteiger partial charge is 0.494 e. The van der Waals surface area contributed by atoms with Crippen molar-refractivity contribution in [3.8, 4) is 0 Å². The summed E-state index contributed by atoms with van der Waals surface area (Å²) in [7, 11) is -0.391. The topological polar surface area (TPSA) is 83.1 Å². The number of hydrogen-bond acceptors (Lipinski definition) is 9. The molecule has 1 aromatic carbocycles. The maximum Gasteiger partial charge on any atom is 0.494 e. The van der Waals surface area contributed by atoms with E-state index < -0.39 is 7.12 Å². The van der Waals surface area contributed by atoms with Gasteiger partial charge in [-0.1, -0.05) is 18.2 Å². The molecule has 0 aliphatic carbocycles. The van der Waals surface area contributed by atoms with E-state index in [0.29, 0.717) is 106 Å². The van der Waals surface area contributed by atoms with Gasteiger partial charge in [-0.05, 0) is 16.6 Å². The predicted molar refractivity (Wildman–Crippen MR) is 117 cm³/mol. The normalized spacial score (nSPS) is 22.3. The van der Waals surface area contributed by atoms with Gasteiger partial charge in [0.05, 0.1) is 106 Å². The second kappa shape index (κ2) is 16.5. The molecule has 2 aliphatic heterocycles. The van der Waals surface area contributed by atoms with Crippen LogP contribution in [0.2, 0.25) is 0 Å². The van der Waals surface area contributed by atoms with Gasteiger partial charge in [-0.2, -0.15) is 0 Å². The van der Waals surface area contributed by atoms with Gasteiger partial charge in [0, 0.05) is 0 Å². The molecule has 0 unspecified atom stereocenters. The highest BCUT2D eigenvalue weighted by Gasteiger charge is 2.31. The van der Waals surface area contributed by atoms with Gasteiger partial charge < -0.3 is 42.5 Å². The Morgan fingerprint density at radius 3 is 1.16 bits per heavy atom. The minimum Gasteiger partial charge on any atom is -0.405 e. The van der Waals surface area contributed by atoms with E-state index in [1.54, 1.807) is 0 Å². The Morgan fingerprint density at radius 2 is 0.781 bits per heavy atom. The first-order chi connectivity index (χ1) is 15.9. The van der Waals surface area contributed by atoms with Crippen molar-refractivity contribution in [2.24, 2.45) is 0 Å². The monoisotopic (exact) mass is 454 g/mol. The summed E-state index contributed by atoms with van der Waals surface area (Å²) in [5.74, 6) is 0. The maximum atomic E-state index is 5.84. The number of rotatable bonds is 1. The van der Waals surface area contributed by atoms with Crippen LogP contribution in [0.25, 0.3) is 0 Å². The molecule has 2 bridgehead atoms. The van der Waals surface area contributed by atoms with E-state index in [9.17, 15) is 0 Å². The highest BCUT2D eigenvalue weighted by atomic mass is 16.6. The van der Waals surface area contributed by atoms with Crippen LogP contribution in [0.15, 0.2) is 18.2 Å². The second-order valence-corrected chi connectivity index (χ2v) is 7.23. The second-order valence-electron chi connectivity index (χ2n) is 7.23. The molecule has 10 heteroatoms. The van der Waals surface area contributed by atoms with E-state index in [0.717, 1.165) is 16.6 Å². The van der Waals surface area contributed by atoms with Crippen molar-refractivity contribution in [1.29, 1.82) is 0 Å². The summed E-state index contributed by atoms with van der Waals surface area (Å²) in [4.78, 5) is 0. The molecule has 0 N–H and O–H groups in total. The fourth-order valence-corrected chi connectivity index (χ4v) is 3.33. The molecule has 180 valence electrons. The van der Waals surface area contributed by atoms with Crippen LogP contribution in [0, 0.1) is 0 Å². The molecule has 0 spiro atoms. The molecule has 1 saturated heterocycles. The van der Waals surface area contributed by atoms with Crippen molar-refractivity contribution < 1.29 is 42.5 Å². The fraction of sp³-hybridized carbons (Fsp3) is 0.727. The van der Waals surface area contributed by atoms with Crippen molar-refractivity contribution in [1.82, 2.24) is 0 Å². The molecule has 3 rings (SSSR count). The minimum absolute atomic E-state index is 0.391. The molecular formula is C22H35BO9. The molecule has 0 aromatic heterocycles. The average Bonchev–Trinajstić information content (AvgIpc) is 3.34. The average molecular weight is 454 g/mol. The zero-order chi connectivity index (χ0) is 22.1. The van der Waals surface area contributed by atoms with Gasteiger partial charge in [-0.3, -0.25) is 0 Å². The van der Waals surface area contributed by atoms with Crippen molar-refractivity contribution in [3.05, 3.63) is 29.3 Å². The molecular weight excluding hydrogens is 419 g/mol. The summed E-state index contributed by atoms with van der Waals surface area (Å²) in [6.07, 6.45) is 0. The highest BCUT2D eigenvalue weighted by Crippen LogP contribution is 2.12. The zero-order valence-electron chi connectivity index (χ0n) is 18.8. The summed E-state index contributed by atoms with van der Waals surface area (Å²) in [6, 6.07) is 6.08. The first-order valence-corrected chi connectivity index (χ1v) is 11.3. The Kier molecular flexibility index (Phi) is 13.2. The lowest BCUT2D eigenvalue weighted by atomic mass is 9.73. The van der Waals surface area contributed by atoms with Gasteiger partial charge in [0.1, 0.15) is 0 Å². The Morgan fingerprint density at radius 1 is 0.438 bits per heavy atom. The molecule has 1 aromatic rings. The lowest BCUT2D eigenvalue weighted by Crippen LogP contribution is -2.38. The summed E-state index contributed by atoms with van der Waals surface area (Å²) in [5.41, 5.74) is 3.05. The first-order valence-electron chi connectivity index (χ1n) is 11.3. The van der Waals surface area contributed by atoms with Crippen molar-refractivity contribution in [2.75, 3.05) is 92.5 Å². The smallest absolute Gasteiger partial charge is 0.405 e. The Labute approximate surface area is 190 Å². The number of hydrogen-bond donors (Lipinski definition) is 0. The predicted octanol–water partition coefficient (Wildman–Crippen LogP) is 0.558. The molecule has 2 heterocycles. The number of benzene rings is 1. The Balaban J connectivity index is 1.51. The van der Waals surface area contributed by atoms with Gasteiger partial charge in [-0.15, -0.1) is 0 Å². The number of fused-ring (bicyclic) bond motifs is 2. The molecule has 0 amide bonds. The standard InChI is InChI=1S/C22H35BO9/c1-2-20-18-29-14-12-27-10-8-25-6-4-24-5-7-26-9-11-28-13-15-30-19-21(3-1)22(20)23-31-16-17-32-23/h1-3H,4-19H2. The maximum absolute atomic E-state index is 5.84. The van der Waals surface area contributed by atoms with Gasteiger partial charge in [-0.25, -0.2) is 0 Å². The molecule has 9 nitrogen and oxygen atoms in total. The zero-order valence-corrected chi connectivity index (χ0v) is 18.8. The molecule has 32 heavy (non-hydrogen) atoms. The van der Waals surface area contributed by atoms with Crippen molar-refractivity contribution in [3.63, 3.8) is 0 Å². The van der Waals surface area contributed by atoms with Crippen LogP contribution in [0.4, 0.5) is 0 Å². The Hall–Kier alpha value is -1.08. The molecule has 1 fully saturated rings. The van der Waals surface area contributed by atoms with E-state index in [1.807, 2.05) is 18.2 Å². The lowest BCUT2D eigenvalue weighted by molar-refractivity contribution is -0.0220. The quantitative estimate of drug-likeness (QED) is 0.566. The van der Waals surface area contributed by atoms with E-state index in [1.165, 1.54) is 0 Å². The van der Waals surface area contributed by atoms with Crippen molar-refractivity contribution in [2.45, 2.75) is 13.2 Å². The third-order valence-corrected chi connectivity index (χ3v) is 4.89. The van der Waals surface area contributed by atoms with E-state index >= 15 is 0 Å². The van der Waals surface area contributed by atoms with Gasteiger partial charge in [0.25, 0.3) is 0 Å². The first kappa shape index (κ1) is 25.5. The van der Waals surface area contributed by atoms with Crippen LogP contribution in [0.1, 0.15) is 11.1 Å². The third-order valence-electron chi connectivity index (χ3n) is 4.89. The summed E-state index contributed by atoms with van der Waals surface area (Å²) < 4.78 is 50.8. The van der Waals surface area contributed by atoms with Crippen LogP contribution >= 0.6 is 0 Å². The summed E-state index contributed by atoms with van der Waals surface area (Å²) >= 11 is 0.